The summed E-state index contributed by atoms with van der Waals surface area (Å²) in [4.78, 5) is 16.6. The smallest absolute Gasteiger partial charge is 0.324 e. The summed E-state index contributed by atoms with van der Waals surface area (Å²) < 4.78 is 10.1. The second kappa shape index (κ2) is 8.16. The van der Waals surface area contributed by atoms with Gasteiger partial charge in [0.15, 0.2) is 11.6 Å². The third-order valence-corrected chi connectivity index (χ3v) is 6.66. The number of nitrogens with zero attached hydrogens (tertiary/aromatic N) is 7. The van der Waals surface area contributed by atoms with Crippen molar-refractivity contribution in [2.45, 2.75) is 26.3 Å². The van der Waals surface area contributed by atoms with Crippen LogP contribution in [-0.4, -0.2) is 55.1 Å². The molecule has 2 amide bonds. The number of ether oxygens (including phenoxy) is 1. The van der Waals surface area contributed by atoms with Gasteiger partial charge in [0.05, 0.1) is 6.20 Å². The van der Waals surface area contributed by atoms with Gasteiger partial charge in [0, 0.05) is 49.9 Å². The van der Waals surface area contributed by atoms with Gasteiger partial charge in [-0.25, -0.2) is 4.79 Å². The molecule has 2 fully saturated rings. The predicted molar refractivity (Wildman–Crippen MR) is 129 cm³/mol. The van der Waals surface area contributed by atoms with E-state index in [1.165, 1.54) is 12.8 Å². The fourth-order valence-electron chi connectivity index (χ4n) is 4.62. The Morgan fingerprint density at radius 3 is 2.71 bits per heavy atom. The summed E-state index contributed by atoms with van der Waals surface area (Å²) in [7, 11) is 1.90. The van der Waals surface area contributed by atoms with Crippen molar-refractivity contribution >= 4 is 22.6 Å². The summed E-state index contributed by atoms with van der Waals surface area (Å²) in [6.45, 7) is 5.24. The first-order chi connectivity index (χ1) is 16.6. The van der Waals surface area contributed by atoms with Crippen LogP contribution in [0.15, 0.2) is 48.9 Å². The number of benzene rings is 2. The maximum atomic E-state index is 12.8. The normalized spacial score (nSPS) is 16.1. The molecule has 174 valence electrons. The average molecular weight is 458 g/mol. The Balaban J connectivity index is 1.27. The molecule has 1 aliphatic heterocycles. The number of aryl methyl sites for hydroxylation is 2. The zero-order chi connectivity index (χ0) is 23.2. The fraction of sp³-hybridized carbons (Fsp3) is 0.360. The van der Waals surface area contributed by atoms with Gasteiger partial charge in [0.2, 0.25) is 0 Å². The second-order valence-corrected chi connectivity index (χ2v) is 9.04. The van der Waals surface area contributed by atoms with Gasteiger partial charge < -0.3 is 14.2 Å². The molecule has 9 heteroatoms. The van der Waals surface area contributed by atoms with Crippen LogP contribution >= 0.6 is 0 Å². The van der Waals surface area contributed by atoms with Gasteiger partial charge in [-0.1, -0.05) is 0 Å². The van der Waals surface area contributed by atoms with Crippen LogP contribution in [0, 0.1) is 5.92 Å². The number of hydrogen-bond acceptors (Lipinski definition) is 5. The minimum Gasteiger partial charge on any atom is -0.455 e. The minimum atomic E-state index is 0.102. The summed E-state index contributed by atoms with van der Waals surface area (Å²) in [6, 6.07) is 11.9. The molecule has 0 bridgehead atoms. The first kappa shape index (κ1) is 20.7. The maximum Gasteiger partial charge on any atom is 0.324 e. The van der Waals surface area contributed by atoms with Crippen molar-refractivity contribution in [1.29, 1.82) is 0 Å². The Hall–Kier alpha value is -3.88. The molecule has 1 aliphatic carbocycles. The minimum absolute atomic E-state index is 0.102. The Morgan fingerprint density at radius 1 is 1.12 bits per heavy atom. The van der Waals surface area contributed by atoms with Gasteiger partial charge in [-0.05, 0) is 62.1 Å². The summed E-state index contributed by atoms with van der Waals surface area (Å²) in [5, 5.41) is 13.7. The van der Waals surface area contributed by atoms with Crippen molar-refractivity contribution < 1.29 is 9.53 Å². The standard InChI is InChI=1S/C25H27N7O2/c1-3-30-16-26-28-24(30)18-12-19-14-27-29(2)23(19)22(13-18)34-21-8-6-20(7-9-21)32-11-10-31(25(32)33)15-17-4-5-17/h6-9,12-14,16-17H,3-5,10-11,15H2,1-2H3. The average Bonchev–Trinajstić information content (AvgIpc) is 3.22. The zero-order valence-electron chi connectivity index (χ0n) is 19.4. The Bertz CT molecular complexity index is 1350. The molecule has 3 heterocycles. The molecule has 0 unspecified atom stereocenters. The van der Waals surface area contributed by atoms with Crippen LogP contribution in [0.3, 0.4) is 0 Å². The van der Waals surface area contributed by atoms with Crippen LogP contribution in [-0.2, 0) is 13.6 Å². The van der Waals surface area contributed by atoms with E-state index in [4.69, 9.17) is 4.74 Å². The van der Waals surface area contributed by atoms with Gasteiger partial charge in [0.25, 0.3) is 0 Å². The summed E-state index contributed by atoms with van der Waals surface area (Å²) >= 11 is 0. The largest absolute Gasteiger partial charge is 0.455 e. The van der Waals surface area contributed by atoms with E-state index in [-0.39, 0.29) is 6.03 Å². The highest BCUT2D eigenvalue weighted by atomic mass is 16.5. The molecular formula is C25H27N7O2. The number of amides is 2. The molecular weight excluding hydrogens is 430 g/mol. The molecule has 0 radical (unpaired) electrons. The molecule has 9 nitrogen and oxygen atoms in total. The molecule has 2 aromatic heterocycles. The van der Waals surface area contributed by atoms with Crippen molar-refractivity contribution in [3.05, 3.63) is 48.9 Å². The Labute approximate surface area is 197 Å². The molecule has 2 aliphatic rings. The summed E-state index contributed by atoms with van der Waals surface area (Å²) in [5.41, 5.74) is 2.72. The highest BCUT2D eigenvalue weighted by molar-refractivity contribution is 5.94. The third kappa shape index (κ3) is 3.67. The monoisotopic (exact) mass is 457 g/mol. The fourth-order valence-corrected chi connectivity index (χ4v) is 4.62. The predicted octanol–water partition coefficient (Wildman–Crippen LogP) is 4.30. The molecule has 34 heavy (non-hydrogen) atoms. The van der Waals surface area contributed by atoms with Crippen molar-refractivity contribution in [3.63, 3.8) is 0 Å². The quantitative estimate of drug-likeness (QED) is 0.413. The van der Waals surface area contributed by atoms with Crippen LogP contribution < -0.4 is 9.64 Å². The number of carbonyl (C=O) groups excluding carboxylic acids is 1. The number of carbonyl (C=O) groups is 1. The molecule has 0 N–H and O–H groups in total. The van der Waals surface area contributed by atoms with E-state index < -0.39 is 0 Å². The van der Waals surface area contributed by atoms with Gasteiger partial charge in [0.1, 0.15) is 17.6 Å². The van der Waals surface area contributed by atoms with E-state index in [2.05, 4.69) is 28.3 Å². The molecule has 1 saturated heterocycles. The van der Waals surface area contributed by atoms with Crippen molar-refractivity contribution in [1.82, 2.24) is 29.4 Å². The van der Waals surface area contributed by atoms with E-state index in [0.29, 0.717) is 17.4 Å². The van der Waals surface area contributed by atoms with E-state index in [1.54, 1.807) is 6.33 Å². The Kier molecular flexibility index (Phi) is 4.97. The molecule has 4 aromatic rings. The summed E-state index contributed by atoms with van der Waals surface area (Å²) in [6.07, 6.45) is 6.05. The molecule has 6 rings (SSSR count). The van der Waals surface area contributed by atoms with E-state index >= 15 is 0 Å². The van der Waals surface area contributed by atoms with Crippen molar-refractivity contribution in [3.8, 4) is 22.9 Å². The molecule has 0 atom stereocenters. The maximum absolute atomic E-state index is 12.8. The third-order valence-electron chi connectivity index (χ3n) is 6.66. The zero-order valence-corrected chi connectivity index (χ0v) is 19.4. The Morgan fingerprint density at radius 2 is 1.94 bits per heavy atom. The lowest BCUT2D eigenvalue weighted by Crippen LogP contribution is -2.33. The first-order valence-corrected chi connectivity index (χ1v) is 11.8. The number of urea groups is 1. The SMILES string of the molecule is CCn1cnnc1-c1cc(Oc2ccc(N3CCN(CC4CC4)C3=O)cc2)c2c(cnn2C)c1. The number of anilines is 1. The molecule has 2 aromatic carbocycles. The lowest BCUT2D eigenvalue weighted by molar-refractivity contribution is 0.218. The van der Waals surface area contributed by atoms with E-state index in [9.17, 15) is 4.79 Å². The molecule has 1 saturated carbocycles. The lowest BCUT2D eigenvalue weighted by atomic mass is 10.1. The van der Waals surface area contributed by atoms with Crippen molar-refractivity contribution in [2.75, 3.05) is 24.5 Å². The van der Waals surface area contributed by atoms with E-state index in [0.717, 1.165) is 54.2 Å². The van der Waals surface area contributed by atoms with Gasteiger partial charge >= 0.3 is 6.03 Å². The van der Waals surface area contributed by atoms with Gasteiger partial charge in [-0.3, -0.25) is 9.58 Å². The highest BCUT2D eigenvalue weighted by Gasteiger charge is 2.34. The van der Waals surface area contributed by atoms with Crippen LogP contribution in [0.1, 0.15) is 19.8 Å². The van der Waals surface area contributed by atoms with Crippen LogP contribution in [0.25, 0.3) is 22.3 Å². The molecule has 0 spiro atoms. The number of rotatable bonds is 7. The second-order valence-electron chi connectivity index (χ2n) is 9.04. The lowest BCUT2D eigenvalue weighted by Gasteiger charge is -2.19. The first-order valence-electron chi connectivity index (χ1n) is 11.8. The van der Waals surface area contributed by atoms with Gasteiger partial charge in [-0.15, -0.1) is 10.2 Å². The topological polar surface area (TPSA) is 81.3 Å². The van der Waals surface area contributed by atoms with Crippen LogP contribution in [0.4, 0.5) is 10.5 Å². The number of aromatic nitrogens is 5. The van der Waals surface area contributed by atoms with Crippen LogP contribution in [0.5, 0.6) is 11.5 Å². The van der Waals surface area contributed by atoms with E-state index in [1.807, 2.05) is 62.6 Å². The summed E-state index contributed by atoms with van der Waals surface area (Å²) in [5.74, 6) is 2.88. The van der Waals surface area contributed by atoms with Crippen molar-refractivity contribution in [2.24, 2.45) is 13.0 Å². The van der Waals surface area contributed by atoms with Crippen LogP contribution in [0.2, 0.25) is 0 Å². The number of hydrogen-bond donors (Lipinski definition) is 0. The highest BCUT2D eigenvalue weighted by Crippen LogP contribution is 2.36. The number of fused-ring (bicyclic) bond motifs is 1. The van der Waals surface area contributed by atoms with Gasteiger partial charge in [-0.2, -0.15) is 5.10 Å².